The molecule has 1 N–H and O–H groups in total. The smallest absolute Gasteiger partial charge is 0.352 e. The van der Waals surface area contributed by atoms with Crippen molar-refractivity contribution in [2.75, 3.05) is 32.7 Å². The van der Waals surface area contributed by atoms with E-state index in [0.717, 1.165) is 12.1 Å². The first kappa shape index (κ1) is 23.3. The van der Waals surface area contributed by atoms with Crippen molar-refractivity contribution >= 4 is 17.7 Å². The van der Waals surface area contributed by atoms with E-state index in [9.17, 15) is 27.6 Å². The molecule has 1 saturated heterocycles. The minimum Gasteiger partial charge on any atom is -0.352 e. The molecule has 6 nitrogen and oxygen atoms in total. The molecule has 3 amide bonds. The van der Waals surface area contributed by atoms with Crippen molar-refractivity contribution in [2.45, 2.75) is 19.5 Å². The predicted molar refractivity (Wildman–Crippen MR) is 113 cm³/mol. The van der Waals surface area contributed by atoms with Gasteiger partial charge >= 0.3 is 6.18 Å². The lowest BCUT2D eigenvalue weighted by Crippen LogP contribution is -2.50. The van der Waals surface area contributed by atoms with Gasteiger partial charge in [-0.15, -0.1) is 0 Å². The van der Waals surface area contributed by atoms with Crippen LogP contribution in [0.3, 0.4) is 0 Å². The molecule has 0 bridgehead atoms. The van der Waals surface area contributed by atoms with Crippen molar-refractivity contribution in [3.8, 4) is 11.1 Å². The number of benzene rings is 2. The Hall–Kier alpha value is -3.36. The lowest BCUT2D eigenvalue weighted by molar-refractivity contribution is -0.138. The second kappa shape index (κ2) is 9.84. The average molecular weight is 447 g/mol. The van der Waals surface area contributed by atoms with E-state index < -0.39 is 17.6 Å². The summed E-state index contributed by atoms with van der Waals surface area (Å²) in [5.41, 5.74) is 0.550. The highest BCUT2D eigenvalue weighted by atomic mass is 19.4. The van der Waals surface area contributed by atoms with Gasteiger partial charge in [-0.3, -0.25) is 14.4 Å². The number of nitrogens with one attached hydrogen (secondary N) is 1. The van der Waals surface area contributed by atoms with Crippen LogP contribution in [0.5, 0.6) is 0 Å². The molecular weight excluding hydrogens is 423 g/mol. The quantitative estimate of drug-likeness (QED) is 0.766. The summed E-state index contributed by atoms with van der Waals surface area (Å²) in [6.07, 6.45) is -4.31. The molecule has 3 rings (SSSR count). The van der Waals surface area contributed by atoms with Crippen molar-refractivity contribution in [2.24, 2.45) is 0 Å². The minimum atomic E-state index is -4.43. The number of alkyl halides is 3. The van der Waals surface area contributed by atoms with E-state index >= 15 is 0 Å². The molecule has 0 spiro atoms. The Bertz CT molecular complexity index is 982. The summed E-state index contributed by atoms with van der Waals surface area (Å²) in [7, 11) is 0. The zero-order valence-corrected chi connectivity index (χ0v) is 17.6. The maximum atomic E-state index is 12.8. The van der Waals surface area contributed by atoms with Crippen LogP contribution in [0.15, 0.2) is 48.5 Å². The zero-order chi connectivity index (χ0) is 23.3. The van der Waals surface area contributed by atoms with Gasteiger partial charge in [0.1, 0.15) is 0 Å². The van der Waals surface area contributed by atoms with Crippen LogP contribution in [0.1, 0.15) is 29.3 Å². The number of carbonyl (C=O) groups is 3. The van der Waals surface area contributed by atoms with Crippen molar-refractivity contribution in [1.82, 2.24) is 15.1 Å². The summed E-state index contributed by atoms with van der Waals surface area (Å²) < 4.78 is 38.4. The molecule has 1 aliphatic rings. The average Bonchev–Trinajstić information content (AvgIpc) is 2.78. The SMILES string of the molecule is CC(=O)N1CCN(C(=O)CCNC(=O)c2ccccc2-c2ccc(C(F)(F)F)cc2)CC1. The number of rotatable bonds is 5. The second-order valence-corrected chi connectivity index (χ2v) is 7.51. The third kappa shape index (κ3) is 5.66. The number of hydrogen-bond donors (Lipinski definition) is 1. The molecule has 32 heavy (non-hydrogen) atoms. The van der Waals surface area contributed by atoms with Crippen LogP contribution in [0.4, 0.5) is 13.2 Å². The highest BCUT2D eigenvalue weighted by molar-refractivity contribution is 6.01. The third-order valence-corrected chi connectivity index (χ3v) is 5.40. The van der Waals surface area contributed by atoms with E-state index in [1.165, 1.54) is 19.1 Å². The molecular formula is C23H24F3N3O3. The van der Waals surface area contributed by atoms with E-state index in [4.69, 9.17) is 0 Å². The monoisotopic (exact) mass is 447 g/mol. The normalized spacial score (nSPS) is 14.2. The summed E-state index contributed by atoms with van der Waals surface area (Å²) in [4.78, 5) is 39.8. The highest BCUT2D eigenvalue weighted by Gasteiger charge is 2.30. The number of piperazine rings is 1. The molecule has 170 valence electrons. The fraction of sp³-hybridized carbons (Fsp3) is 0.348. The highest BCUT2D eigenvalue weighted by Crippen LogP contribution is 2.31. The number of hydrogen-bond acceptors (Lipinski definition) is 3. The lowest BCUT2D eigenvalue weighted by Gasteiger charge is -2.34. The second-order valence-electron chi connectivity index (χ2n) is 7.51. The molecule has 0 aliphatic carbocycles. The summed E-state index contributed by atoms with van der Waals surface area (Å²) >= 11 is 0. The molecule has 2 aromatic carbocycles. The number of carbonyl (C=O) groups excluding carboxylic acids is 3. The fourth-order valence-corrected chi connectivity index (χ4v) is 3.58. The van der Waals surface area contributed by atoms with Crippen LogP contribution in [-0.2, 0) is 15.8 Å². The van der Waals surface area contributed by atoms with Gasteiger partial charge in [-0.1, -0.05) is 30.3 Å². The fourth-order valence-electron chi connectivity index (χ4n) is 3.58. The molecule has 2 aromatic rings. The van der Waals surface area contributed by atoms with Crippen LogP contribution in [0.25, 0.3) is 11.1 Å². The molecule has 0 atom stereocenters. The van der Waals surface area contributed by atoms with Crippen LogP contribution in [-0.4, -0.2) is 60.2 Å². The number of amides is 3. The number of nitrogens with zero attached hydrogens (tertiary/aromatic N) is 2. The van der Waals surface area contributed by atoms with E-state index in [-0.39, 0.29) is 24.8 Å². The molecule has 0 radical (unpaired) electrons. The Morgan fingerprint density at radius 2 is 1.50 bits per heavy atom. The summed E-state index contributed by atoms with van der Waals surface area (Å²) in [5.74, 6) is -0.532. The largest absolute Gasteiger partial charge is 0.416 e. The maximum absolute atomic E-state index is 12.8. The van der Waals surface area contributed by atoms with Gasteiger partial charge in [-0.2, -0.15) is 13.2 Å². The molecule has 1 aliphatic heterocycles. The Morgan fingerprint density at radius 1 is 0.906 bits per heavy atom. The summed E-state index contributed by atoms with van der Waals surface area (Å²) in [6, 6.07) is 11.2. The van der Waals surface area contributed by atoms with E-state index in [1.807, 2.05) is 0 Å². The van der Waals surface area contributed by atoms with E-state index in [0.29, 0.717) is 42.9 Å². The first-order valence-corrected chi connectivity index (χ1v) is 10.2. The molecule has 0 unspecified atom stereocenters. The van der Waals surface area contributed by atoms with Crippen molar-refractivity contribution in [3.05, 3.63) is 59.7 Å². The van der Waals surface area contributed by atoms with Gasteiger partial charge in [-0.05, 0) is 29.3 Å². The summed E-state index contributed by atoms with van der Waals surface area (Å²) in [6.45, 7) is 3.54. The van der Waals surface area contributed by atoms with Crippen LogP contribution in [0.2, 0.25) is 0 Å². The minimum absolute atomic E-state index is 0.0175. The zero-order valence-electron chi connectivity index (χ0n) is 17.6. The lowest BCUT2D eigenvalue weighted by atomic mass is 9.98. The van der Waals surface area contributed by atoms with Gasteiger partial charge in [0, 0.05) is 51.6 Å². The topological polar surface area (TPSA) is 69.7 Å². The molecule has 1 fully saturated rings. The van der Waals surface area contributed by atoms with Gasteiger partial charge < -0.3 is 15.1 Å². The molecule has 0 saturated carbocycles. The Morgan fingerprint density at radius 3 is 2.09 bits per heavy atom. The van der Waals surface area contributed by atoms with Crippen molar-refractivity contribution in [1.29, 1.82) is 0 Å². The maximum Gasteiger partial charge on any atom is 0.416 e. The van der Waals surface area contributed by atoms with Crippen LogP contribution >= 0.6 is 0 Å². The third-order valence-electron chi connectivity index (χ3n) is 5.40. The predicted octanol–water partition coefficient (Wildman–Crippen LogP) is 3.18. The van der Waals surface area contributed by atoms with E-state index in [2.05, 4.69) is 5.32 Å². The Labute approximate surface area is 184 Å². The first-order valence-electron chi connectivity index (χ1n) is 10.2. The first-order chi connectivity index (χ1) is 15.2. The van der Waals surface area contributed by atoms with Crippen LogP contribution in [0, 0.1) is 0 Å². The molecule has 1 heterocycles. The standard InChI is InChI=1S/C23H24F3N3O3/c1-16(30)28-12-14-29(15-13-28)21(31)10-11-27-22(32)20-5-3-2-4-19(20)17-6-8-18(9-7-17)23(24,25)26/h2-9H,10-15H2,1H3,(H,27,32). The Kier molecular flexibility index (Phi) is 7.17. The van der Waals surface area contributed by atoms with E-state index in [1.54, 1.807) is 34.1 Å². The van der Waals surface area contributed by atoms with Gasteiger partial charge in [0.25, 0.3) is 5.91 Å². The van der Waals surface area contributed by atoms with Crippen LogP contribution < -0.4 is 5.32 Å². The van der Waals surface area contributed by atoms with Gasteiger partial charge in [0.2, 0.25) is 11.8 Å². The molecule has 9 heteroatoms. The number of halogens is 3. The Balaban J connectivity index is 1.58. The van der Waals surface area contributed by atoms with Gasteiger partial charge in [0.05, 0.1) is 5.56 Å². The van der Waals surface area contributed by atoms with Gasteiger partial charge in [0.15, 0.2) is 0 Å². The molecule has 0 aromatic heterocycles. The van der Waals surface area contributed by atoms with Crippen molar-refractivity contribution < 1.29 is 27.6 Å². The van der Waals surface area contributed by atoms with Gasteiger partial charge in [-0.25, -0.2) is 0 Å². The van der Waals surface area contributed by atoms with Crippen molar-refractivity contribution in [3.63, 3.8) is 0 Å². The summed E-state index contributed by atoms with van der Waals surface area (Å²) in [5, 5.41) is 2.71.